The summed E-state index contributed by atoms with van der Waals surface area (Å²) in [6.07, 6.45) is -0.738. The molecule has 0 aliphatic carbocycles. The Balaban J connectivity index is 1.94. The van der Waals surface area contributed by atoms with Gasteiger partial charge in [0.15, 0.2) is 0 Å². The summed E-state index contributed by atoms with van der Waals surface area (Å²) in [6.45, 7) is 0.446. The lowest BCUT2D eigenvalue weighted by Gasteiger charge is -2.13. The van der Waals surface area contributed by atoms with Gasteiger partial charge < -0.3 is 15.5 Å². The van der Waals surface area contributed by atoms with Crippen LogP contribution in [0.1, 0.15) is 17.2 Å². The number of nitro groups is 1. The number of aliphatic hydroxyl groups is 1. The molecule has 0 fully saturated rings. The van der Waals surface area contributed by atoms with Crippen LogP contribution < -0.4 is 5.32 Å². The second kappa shape index (κ2) is 7.22. The summed E-state index contributed by atoms with van der Waals surface area (Å²) in [7, 11) is 0. The molecule has 0 aliphatic heterocycles. The van der Waals surface area contributed by atoms with E-state index in [9.17, 15) is 20.3 Å². The van der Waals surface area contributed by atoms with Crippen molar-refractivity contribution < 1.29 is 15.1 Å². The first kappa shape index (κ1) is 16.2. The van der Waals surface area contributed by atoms with E-state index in [1.54, 1.807) is 24.3 Å². The summed E-state index contributed by atoms with van der Waals surface area (Å²) in [4.78, 5) is 10.2. The van der Waals surface area contributed by atoms with Crippen LogP contribution in [0.15, 0.2) is 42.5 Å². The minimum Gasteiger partial charge on any atom is -0.508 e. The third kappa shape index (κ3) is 4.17. The van der Waals surface area contributed by atoms with Crippen LogP contribution in [-0.2, 0) is 6.54 Å². The number of nitrogens with zero attached hydrogens (tertiary/aromatic N) is 1. The van der Waals surface area contributed by atoms with E-state index in [0.29, 0.717) is 16.1 Å². The van der Waals surface area contributed by atoms with E-state index < -0.39 is 11.0 Å². The molecule has 0 saturated carbocycles. The van der Waals surface area contributed by atoms with Crippen molar-refractivity contribution in [3.05, 3.63) is 68.7 Å². The molecule has 7 heteroatoms. The molecule has 22 heavy (non-hydrogen) atoms. The fraction of sp³-hybridized carbons (Fsp3) is 0.200. The van der Waals surface area contributed by atoms with Crippen LogP contribution in [0.3, 0.4) is 0 Å². The van der Waals surface area contributed by atoms with Crippen molar-refractivity contribution in [1.29, 1.82) is 0 Å². The zero-order chi connectivity index (χ0) is 16.1. The molecule has 0 aliphatic rings. The summed E-state index contributed by atoms with van der Waals surface area (Å²) >= 11 is 5.78. The molecule has 0 saturated heterocycles. The standard InChI is InChI=1S/C15H15ClN2O4/c16-12-3-1-10(2-4-12)15(20)9-17-8-11-7-13(18(21)22)5-6-14(11)19/h1-7,15,17,19-20H,8-9H2. The Morgan fingerprint density at radius 1 is 1.23 bits per heavy atom. The first-order valence-electron chi connectivity index (χ1n) is 6.58. The Bertz CT molecular complexity index is 661. The summed E-state index contributed by atoms with van der Waals surface area (Å²) in [5.41, 5.74) is 1.02. The number of non-ortho nitro benzene ring substituents is 1. The maximum absolute atomic E-state index is 10.7. The highest BCUT2D eigenvalue weighted by Crippen LogP contribution is 2.23. The van der Waals surface area contributed by atoms with Crippen molar-refractivity contribution in [3.63, 3.8) is 0 Å². The van der Waals surface area contributed by atoms with E-state index in [1.807, 2.05) is 0 Å². The highest BCUT2D eigenvalue weighted by atomic mass is 35.5. The number of aliphatic hydroxyl groups excluding tert-OH is 1. The topological polar surface area (TPSA) is 95.6 Å². The van der Waals surface area contributed by atoms with Gasteiger partial charge in [-0.2, -0.15) is 0 Å². The summed E-state index contributed by atoms with van der Waals surface area (Å²) in [5.74, 6) is -0.0286. The largest absolute Gasteiger partial charge is 0.508 e. The molecular formula is C15H15ClN2O4. The lowest BCUT2D eigenvalue weighted by molar-refractivity contribution is -0.384. The van der Waals surface area contributed by atoms with Gasteiger partial charge in [-0.1, -0.05) is 23.7 Å². The number of halogens is 1. The molecule has 116 valence electrons. The molecular weight excluding hydrogens is 308 g/mol. The maximum Gasteiger partial charge on any atom is 0.270 e. The van der Waals surface area contributed by atoms with E-state index >= 15 is 0 Å². The number of nitrogens with one attached hydrogen (secondary N) is 1. The van der Waals surface area contributed by atoms with Crippen molar-refractivity contribution in [2.45, 2.75) is 12.6 Å². The lowest BCUT2D eigenvalue weighted by atomic mass is 10.1. The molecule has 0 aromatic heterocycles. The van der Waals surface area contributed by atoms with Gasteiger partial charge in [-0.25, -0.2) is 0 Å². The SMILES string of the molecule is O=[N+]([O-])c1ccc(O)c(CNCC(O)c2ccc(Cl)cc2)c1. The number of aromatic hydroxyl groups is 1. The monoisotopic (exact) mass is 322 g/mol. The first-order chi connectivity index (χ1) is 10.5. The van der Waals surface area contributed by atoms with Gasteiger partial charge in [0, 0.05) is 35.8 Å². The minimum absolute atomic E-state index is 0.0286. The van der Waals surface area contributed by atoms with E-state index in [1.165, 1.54) is 18.2 Å². The Hall–Kier alpha value is -2.15. The number of hydrogen-bond donors (Lipinski definition) is 3. The number of phenols is 1. The van der Waals surface area contributed by atoms with Gasteiger partial charge in [0.2, 0.25) is 0 Å². The first-order valence-corrected chi connectivity index (χ1v) is 6.95. The predicted octanol–water partition coefficient (Wildman–Crippen LogP) is 2.78. The van der Waals surface area contributed by atoms with Crippen LogP contribution in [0.5, 0.6) is 5.75 Å². The van der Waals surface area contributed by atoms with Crippen LogP contribution in [0.2, 0.25) is 5.02 Å². The molecule has 2 rings (SSSR count). The quantitative estimate of drug-likeness (QED) is 0.561. The number of nitro benzene ring substituents is 1. The van der Waals surface area contributed by atoms with Crippen LogP contribution in [-0.4, -0.2) is 21.7 Å². The molecule has 0 radical (unpaired) electrons. The second-order valence-electron chi connectivity index (χ2n) is 4.77. The summed E-state index contributed by atoms with van der Waals surface area (Å²) in [5, 5.41) is 34.0. The maximum atomic E-state index is 10.7. The Kier molecular flexibility index (Phi) is 5.32. The van der Waals surface area contributed by atoms with Gasteiger partial charge in [0.05, 0.1) is 11.0 Å². The number of benzene rings is 2. The second-order valence-corrected chi connectivity index (χ2v) is 5.20. The van der Waals surface area contributed by atoms with Crippen molar-refractivity contribution in [3.8, 4) is 5.75 Å². The third-order valence-corrected chi connectivity index (χ3v) is 3.43. The number of hydrogen-bond acceptors (Lipinski definition) is 5. The van der Waals surface area contributed by atoms with Crippen LogP contribution >= 0.6 is 11.6 Å². The van der Waals surface area contributed by atoms with E-state index in [-0.39, 0.29) is 24.5 Å². The van der Waals surface area contributed by atoms with Crippen molar-refractivity contribution in [2.24, 2.45) is 0 Å². The molecule has 2 aromatic rings. The molecule has 2 aromatic carbocycles. The summed E-state index contributed by atoms with van der Waals surface area (Å²) < 4.78 is 0. The molecule has 1 unspecified atom stereocenters. The zero-order valence-electron chi connectivity index (χ0n) is 11.6. The molecule has 0 spiro atoms. The van der Waals surface area contributed by atoms with Gasteiger partial charge in [-0.05, 0) is 23.8 Å². The fourth-order valence-electron chi connectivity index (χ4n) is 1.97. The Morgan fingerprint density at radius 3 is 2.55 bits per heavy atom. The molecule has 0 heterocycles. The molecule has 3 N–H and O–H groups in total. The van der Waals surface area contributed by atoms with Gasteiger partial charge in [-0.15, -0.1) is 0 Å². The van der Waals surface area contributed by atoms with Crippen LogP contribution in [0, 0.1) is 10.1 Å². The van der Waals surface area contributed by atoms with Crippen LogP contribution in [0.4, 0.5) is 5.69 Å². The van der Waals surface area contributed by atoms with E-state index in [4.69, 9.17) is 11.6 Å². The van der Waals surface area contributed by atoms with Gasteiger partial charge in [0.1, 0.15) is 5.75 Å². The van der Waals surface area contributed by atoms with Crippen LogP contribution in [0.25, 0.3) is 0 Å². The number of phenolic OH excluding ortho intramolecular Hbond substituents is 1. The normalized spacial score (nSPS) is 12.1. The van der Waals surface area contributed by atoms with Gasteiger partial charge in [-0.3, -0.25) is 10.1 Å². The predicted molar refractivity (Wildman–Crippen MR) is 82.9 cm³/mol. The minimum atomic E-state index is -0.738. The van der Waals surface area contributed by atoms with Crippen molar-refractivity contribution in [1.82, 2.24) is 5.32 Å². The average molecular weight is 323 g/mol. The fourth-order valence-corrected chi connectivity index (χ4v) is 2.10. The lowest BCUT2D eigenvalue weighted by Crippen LogP contribution is -2.21. The Labute approximate surface area is 132 Å². The molecule has 6 nitrogen and oxygen atoms in total. The Morgan fingerprint density at radius 2 is 1.91 bits per heavy atom. The molecule has 0 amide bonds. The smallest absolute Gasteiger partial charge is 0.270 e. The average Bonchev–Trinajstić information content (AvgIpc) is 2.49. The van der Waals surface area contributed by atoms with Gasteiger partial charge in [0.25, 0.3) is 5.69 Å². The zero-order valence-corrected chi connectivity index (χ0v) is 12.3. The van der Waals surface area contributed by atoms with Crippen molar-refractivity contribution in [2.75, 3.05) is 6.54 Å². The third-order valence-electron chi connectivity index (χ3n) is 3.18. The van der Waals surface area contributed by atoms with E-state index in [2.05, 4.69) is 5.32 Å². The highest BCUT2D eigenvalue weighted by Gasteiger charge is 2.11. The number of rotatable bonds is 6. The van der Waals surface area contributed by atoms with E-state index in [0.717, 1.165) is 0 Å². The highest BCUT2D eigenvalue weighted by molar-refractivity contribution is 6.30. The van der Waals surface area contributed by atoms with Crippen molar-refractivity contribution >= 4 is 17.3 Å². The van der Waals surface area contributed by atoms with Gasteiger partial charge >= 0.3 is 0 Å². The summed E-state index contributed by atoms with van der Waals surface area (Å²) in [6, 6.07) is 10.6. The molecule has 0 bridgehead atoms. The molecule has 1 atom stereocenters.